The summed E-state index contributed by atoms with van der Waals surface area (Å²) in [6.45, 7) is 6.55. The Balaban J connectivity index is 2.38. The number of thiophene rings is 1. The van der Waals surface area contributed by atoms with Crippen LogP contribution >= 0.6 is 11.3 Å². The number of aryl methyl sites for hydroxylation is 1. The standard InChI is InChI=1S/C13H17BO3S/c1-8(2)6-12-9(3)11-5-4-10(17-14(15)16)7-13(11)18-12/h4-5,7-8,15-16H,6H2,1-3H3. The second-order valence-corrected chi connectivity index (χ2v) is 5.99. The number of rotatable bonds is 4. The average Bonchev–Trinajstić information content (AvgIpc) is 2.54. The van der Waals surface area contributed by atoms with Crippen molar-refractivity contribution >= 4 is 28.7 Å². The van der Waals surface area contributed by atoms with Crippen molar-refractivity contribution in [2.24, 2.45) is 5.92 Å². The van der Waals surface area contributed by atoms with Crippen LogP contribution in [-0.2, 0) is 6.42 Å². The van der Waals surface area contributed by atoms with Crippen molar-refractivity contribution in [3.63, 3.8) is 0 Å². The molecule has 0 aliphatic rings. The summed E-state index contributed by atoms with van der Waals surface area (Å²) in [6, 6.07) is 5.60. The first-order valence-electron chi connectivity index (χ1n) is 6.02. The number of hydrogen-bond acceptors (Lipinski definition) is 4. The maximum Gasteiger partial charge on any atom is 0.707 e. The van der Waals surface area contributed by atoms with E-state index < -0.39 is 7.32 Å². The zero-order valence-electron chi connectivity index (χ0n) is 10.8. The van der Waals surface area contributed by atoms with Crippen molar-refractivity contribution in [2.45, 2.75) is 27.2 Å². The van der Waals surface area contributed by atoms with Gasteiger partial charge in [-0.05, 0) is 48.4 Å². The first kappa shape index (κ1) is 13.4. The molecule has 0 radical (unpaired) electrons. The van der Waals surface area contributed by atoms with Crippen molar-refractivity contribution in [2.75, 3.05) is 0 Å². The lowest BCUT2D eigenvalue weighted by molar-refractivity contribution is 0.288. The SMILES string of the molecule is Cc1c(CC(C)C)sc2cc(OB(O)O)ccc12. The lowest BCUT2D eigenvalue weighted by atomic mass is 10.0. The third kappa shape index (κ3) is 2.86. The Kier molecular flexibility index (Phi) is 3.95. The highest BCUT2D eigenvalue weighted by molar-refractivity contribution is 7.19. The second-order valence-electron chi connectivity index (χ2n) is 4.85. The molecule has 1 aromatic carbocycles. The molecule has 0 spiro atoms. The highest BCUT2D eigenvalue weighted by atomic mass is 32.1. The van der Waals surface area contributed by atoms with Gasteiger partial charge in [-0.1, -0.05) is 13.8 Å². The second kappa shape index (κ2) is 5.30. The molecule has 5 heteroatoms. The van der Waals surface area contributed by atoms with Crippen molar-refractivity contribution in [1.29, 1.82) is 0 Å². The largest absolute Gasteiger partial charge is 0.707 e. The summed E-state index contributed by atoms with van der Waals surface area (Å²) in [5.74, 6) is 1.11. The molecule has 0 aliphatic heterocycles. The normalized spacial score (nSPS) is 11.2. The molecule has 0 saturated carbocycles. The van der Waals surface area contributed by atoms with Gasteiger partial charge in [-0.3, -0.25) is 0 Å². The summed E-state index contributed by atoms with van der Waals surface area (Å²) in [4.78, 5) is 1.39. The predicted octanol–water partition coefficient (Wildman–Crippen LogP) is 2.76. The van der Waals surface area contributed by atoms with Gasteiger partial charge in [0.2, 0.25) is 0 Å². The van der Waals surface area contributed by atoms with Crippen LogP contribution in [0.5, 0.6) is 5.75 Å². The first-order chi connectivity index (χ1) is 8.47. The maximum atomic E-state index is 8.79. The zero-order chi connectivity index (χ0) is 13.3. The van der Waals surface area contributed by atoms with Crippen LogP contribution < -0.4 is 4.65 Å². The highest BCUT2D eigenvalue weighted by Gasteiger charge is 2.14. The lowest BCUT2D eigenvalue weighted by Gasteiger charge is -2.04. The quantitative estimate of drug-likeness (QED) is 0.835. The predicted molar refractivity (Wildman–Crippen MR) is 75.9 cm³/mol. The minimum Gasteiger partial charge on any atom is -0.512 e. The Morgan fingerprint density at radius 3 is 2.67 bits per heavy atom. The van der Waals surface area contributed by atoms with Crippen LogP contribution in [0.15, 0.2) is 18.2 Å². The third-order valence-corrected chi connectivity index (χ3v) is 4.12. The van der Waals surface area contributed by atoms with Crippen molar-refractivity contribution in [3.8, 4) is 5.75 Å². The molecule has 0 bridgehead atoms. The van der Waals surface area contributed by atoms with E-state index in [1.54, 1.807) is 17.4 Å². The van der Waals surface area contributed by atoms with Gasteiger partial charge in [0, 0.05) is 9.58 Å². The van der Waals surface area contributed by atoms with E-state index in [-0.39, 0.29) is 0 Å². The maximum absolute atomic E-state index is 8.79. The molecule has 96 valence electrons. The first-order valence-corrected chi connectivity index (χ1v) is 6.84. The molecule has 0 amide bonds. The van der Waals surface area contributed by atoms with Gasteiger partial charge < -0.3 is 14.7 Å². The van der Waals surface area contributed by atoms with Crippen LogP contribution in [-0.4, -0.2) is 17.4 Å². The van der Waals surface area contributed by atoms with Crippen LogP contribution in [0.3, 0.4) is 0 Å². The molecule has 0 aliphatic carbocycles. The molecule has 2 rings (SSSR count). The van der Waals surface area contributed by atoms with Gasteiger partial charge in [-0.15, -0.1) is 11.3 Å². The molecule has 0 fully saturated rings. The molecule has 2 N–H and O–H groups in total. The van der Waals surface area contributed by atoms with Crippen molar-refractivity contribution in [1.82, 2.24) is 0 Å². The topological polar surface area (TPSA) is 49.7 Å². The summed E-state index contributed by atoms with van der Waals surface area (Å²) in [7, 11) is -1.77. The molecule has 2 aromatic rings. The Hall–Kier alpha value is -1.04. The zero-order valence-corrected chi connectivity index (χ0v) is 11.6. The van der Waals surface area contributed by atoms with Crippen molar-refractivity contribution in [3.05, 3.63) is 28.6 Å². The summed E-state index contributed by atoms with van der Waals surface area (Å²) in [5, 5.41) is 18.8. The van der Waals surface area contributed by atoms with E-state index in [1.165, 1.54) is 15.8 Å². The van der Waals surface area contributed by atoms with E-state index in [9.17, 15) is 0 Å². The van der Waals surface area contributed by atoms with E-state index in [2.05, 4.69) is 20.8 Å². The Labute approximate surface area is 111 Å². The summed E-state index contributed by atoms with van der Waals surface area (Å²) >= 11 is 1.75. The van der Waals surface area contributed by atoms with Gasteiger partial charge in [0.05, 0.1) is 0 Å². The van der Waals surface area contributed by atoms with Crippen LogP contribution in [0.25, 0.3) is 10.1 Å². The lowest BCUT2D eigenvalue weighted by Crippen LogP contribution is -2.20. The minimum absolute atomic E-state index is 0.481. The third-order valence-electron chi connectivity index (χ3n) is 2.84. The van der Waals surface area contributed by atoms with E-state index in [0.29, 0.717) is 11.7 Å². The molecule has 1 heterocycles. The molecule has 3 nitrogen and oxygen atoms in total. The Morgan fingerprint density at radius 1 is 1.33 bits per heavy atom. The van der Waals surface area contributed by atoms with Gasteiger partial charge >= 0.3 is 7.32 Å². The smallest absolute Gasteiger partial charge is 0.512 e. The summed E-state index contributed by atoms with van der Waals surface area (Å²) in [5.41, 5.74) is 1.32. The number of fused-ring (bicyclic) bond motifs is 1. The number of benzene rings is 1. The molecular weight excluding hydrogens is 247 g/mol. The van der Waals surface area contributed by atoms with Crippen LogP contribution in [0, 0.1) is 12.8 Å². The highest BCUT2D eigenvalue weighted by Crippen LogP contribution is 2.34. The summed E-state index contributed by atoms with van der Waals surface area (Å²) < 4.78 is 6.00. The Morgan fingerprint density at radius 2 is 2.06 bits per heavy atom. The summed E-state index contributed by atoms with van der Waals surface area (Å²) in [6.07, 6.45) is 1.07. The molecule has 1 aromatic heterocycles. The molecule has 0 atom stereocenters. The molecule has 18 heavy (non-hydrogen) atoms. The van der Waals surface area contributed by atoms with Gasteiger partial charge in [-0.2, -0.15) is 0 Å². The molecular formula is C13H17BO3S. The Bertz CT molecular complexity index is 548. The van der Waals surface area contributed by atoms with E-state index in [4.69, 9.17) is 14.7 Å². The van der Waals surface area contributed by atoms with E-state index in [0.717, 1.165) is 11.1 Å². The minimum atomic E-state index is -1.77. The number of hydrogen-bond donors (Lipinski definition) is 2. The fourth-order valence-electron chi connectivity index (χ4n) is 2.02. The van der Waals surface area contributed by atoms with Gasteiger partial charge in [0.1, 0.15) is 5.75 Å². The van der Waals surface area contributed by atoms with Gasteiger partial charge in [0.25, 0.3) is 0 Å². The molecule has 0 saturated heterocycles. The van der Waals surface area contributed by atoms with E-state index in [1.807, 2.05) is 12.1 Å². The fraction of sp³-hybridized carbons (Fsp3) is 0.385. The molecule has 0 unspecified atom stereocenters. The monoisotopic (exact) mass is 264 g/mol. The van der Waals surface area contributed by atoms with Gasteiger partial charge in [-0.25, -0.2) is 0 Å². The fourth-order valence-corrected chi connectivity index (χ4v) is 3.47. The van der Waals surface area contributed by atoms with E-state index >= 15 is 0 Å². The van der Waals surface area contributed by atoms with Crippen LogP contribution in [0.1, 0.15) is 24.3 Å². The average molecular weight is 264 g/mol. The van der Waals surface area contributed by atoms with Crippen molar-refractivity contribution < 1.29 is 14.7 Å². The van der Waals surface area contributed by atoms with Crippen LogP contribution in [0.4, 0.5) is 0 Å². The van der Waals surface area contributed by atoms with Gasteiger partial charge in [0.15, 0.2) is 0 Å². The van der Waals surface area contributed by atoms with Crippen LogP contribution in [0.2, 0.25) is 0 Å².